The van der Waals surface area contributed by atoms with Crippen molar-refractivity contribution in [1.82, 2.24) is 20.0 Å². The monoisotopic (exact) mass is 335 g/mol. The Morgan fingerprint density at radius 1 is 1.50 bits per heavy atom. The molecule has 1 N–H and O–H groups in total. The van der Waals surface area contributed by atoms with Gasteiger partial charge in [0.2, 0.25) is 0 Å². The second-order valence-corrected chi connectivity index (χ2v) is 6.60. The van der Waals surface area contributed by atoms with Gasteiger partial charge in [-0.15, -0.1) is 0 Å². The highest BCUT2D eigenvalue weighted by atomic mass is 16.5. The van der Waals surface area contributed by atoms with Gasteiger partial charge in [-0.3, -0.25) is 9.67 Å². The SMILES string of the molecule is CN=C(NCCCOCC1CC1)N1CCOC(c2cnn(C)c2)C1. The van der Waals surface area contributed by atoms with Crippen LogP contribution in [-0.4, -0.2) is 67.1 Å². The van der Waals surface area contributed by atoms with E-state index < -0.39 is 0 Å². The van der Waals surface area contributed by atoms with Crippen LogP contribution in [0.25, 0.3) is 0 Å². The van der Waals surface area contributed by atoms with Crippen molar-refractivity contribution < 1.29 is 9.47 Å². The molecule has 2 heterocycles. The van der Waals surface area contributed by atoms with E-state index in [-0.39, 0.29) is 6.10 Å². The van der Waals surface area contributed by atoms with Gasteiger partial charge in [0.25, 0.3) is 0 Å². The minimum Gasteiger partial charge on any atom is -0.381 e. The molecule has 1 saturated heterocycles. The average molecular weight is 335 g/mol. The van der Waals surface area contributed by atoms with Gasteiger partial charge in [0, 0.05) is 52.2 Å². The highest BCUT2D eigenvalue weighted by Crippen LogP contribution is 2.28. The first-order valence-electron chi connectivity index (χ1n) is 8.89. The van der Waals surface area contributed by atoms with Crippen molar-refractivity contribution in [1.29, 1.82) is 0 Å². The van der Waals surface area contributed by atoms with Crippen molar-refractivity contribution >= 4 is 5.96 Å². The molecule has 1 unspecified atom stereocenters. The van der Waals surface area contributed by atoms with Crippen LogP contribution >= 0.6 is 0 Å². The number of ether oxygens (including phenoxy) is 2. The van der Waals surface area contributed by atoms with Gasteiger partial charge in [-0.2, -0.15) is 5.10 Å². The van der Waals surface area contributed by atoms with Crippen molar-refractivity contribution in [3.05, 3.63) is 18.0 Å². The quantitative estimate of drug-likeness (QED) is 0.461. The molecule has 1 aliphatic heterocycles. The Bertz CT molecular complexity index is 541. The van der Waals surface area contributed by atoms with Crippen molar-refractivity contribution in [2.75, 3.05) is 46.5 Å². The van der Waals surface area contributed by atoms with E-state index >= 15 is 0 Å². The summed E-state index contributed by atoms with van der Waals surface area (Å²) in [6.45, 7) is 4.99. The molecule has 134 valence electrons. The molecule has 3 rings (SSSR count). The molecule has 1 atom stereocenters. The summed E-state index contributed by atoms with van der Waals surface area (Å²) >= 11 is 0. The van der Waals surface area contributed by atoms with E-state index in [9.17, 15) is 0 Å². The third kappa shape index (κ3) is 4.95. The van der Waals surface area contributed by atoms with Crippen LogP contribution < -0.4 is 5.32 Å². The molecule has 1 aromatic heterocycles. The number of morpholine rings is 1. The number of rotatable bonds is 7. The van der Waals surface area contributed by atoms with Crippen LogP contribution in [0.4, 0.5) is 0 Å². The molecule has 0 radical (unpaired) electrons. The van der Waals surface area contributed by atoms with E-state index in [1.54, 1.807) is 0 Å². The predicted molar refractivity (Wildman–Crippen MR) is 93.0 cm³/mol. The number of hydrogen-bond donors (Lipinski definition) is 1. The smallest absolute Gasteiger partial charge is 0.193 e. The van der Waals surface area contributed by atoms with Crippen molar-refractivity contribution in [3.63, 3.8) is 0 Å². The summed E-state index contributed by atoms with van der Waals surface area (Å²) in [6.07, 6.45) is 7.64. The number of nitrogens with zero attached hydrogens (tertiary/aromatic N) is 4. The molecular formula is C17H29N5O2. The first-order valence-corrected chi connectivity index (χ1v) is 8.89. The highest BCUT2D eigenvalue weighted by molar-refractivity contribution is 5.80. The van der Waals surface area contributed by atoms with Gasteiger partial charge < -0.3 is 19.7 Å². The summed E-state index contributed by atoms with van der Waals surface area (Å²) in [7, 11) is 3.76. The zero-order valence-corrected chi connectivity index (χ0v) is 14.8. The van der Waals surface area contributed by atoms with Crippen LogP contribution in [-0.2, 0) is 16.5 Å². The summed E-state index contributed by atoms with van der Waals surface area (Å²) < 4.78 is 13.4. The molecule has 1 aromatic rings. The Balaban J connectivity index is 1.40. The Morgan fingerprint density at radius 2 is 2.38 bits per heavy atom. The fraction of sp³-hybridized carbons (Fsp3) is 0.765. The van der Waals surface area contributed by atoms with Crippen molar-refractivity contribution in [2.45, 2.75) is 25.4 Å². The number of aliphatic imine (C=N–C) groups is 1. The molecule has 0 aromatic carbocycles. The fourth-order valence-corrected chi connectivity index (χ4v) is 2.89. The Morgan fingerprint density at radius 3 is 3.08 bits per heavy atom. The van der Waals surface area contributed by atoms with Crippen LogP contribution in [0.2, 0.25) is 0 Å². The van der Waals surface area contributed by atoms with E-state index in [1.165, 1.54) is 12.8 Å². The van der Waals surface area contributed by atoms with Crippen LogP contribution in [0.5, 0.6) is 0 Å². The maximum absolute atomic E-state index is 5.89. The molecule has 7 nitrogen and oxygen atoms in total. The Kier molecular flexibility index (Phi) is 6.09. The zero-order valence-electron chi connectivity index (χ0n) is 14.8. The Labute approximate surface area is 144 Å². The van der Waals surface area contributed by atoms with Crippen LogP contribution in [0.15, 0.2) is 17.4 Å². The lowest BCUT2D eigenvalue weighted by Crippen LogP contribution is -2.48. The lowest BCUT2D eigenvalue weighted by atomic mass is 10.1. The minimum absolute atomic E-state index is 0.0490. The van der Waals surface area contributed by atoms with Crippen LogP contribution in [0, 0.1) is 5.92 Å². The number of nitrogens with one attached hydrogen (secondary N) is 1. The van der Waals surface area contributed by atoms with Gasteiger partial charge in [-0.25, -0.2) is 0 Å². The largest absolute Gasteiger partial charge is 0.381 e. The molecule has 1 aliphatic carbocycles. The normalized spacial score (nSPS) is 22.0. The highest BCUT2D eigenvalue weighted by Gasteiger charge is 2.25. The lowest BCUT2D eigenvalue weighted by molar-refractivity contribution is -0.00805. The van der Waals surface area contributed by atoms with Gasteiger partial charge in [0.05, 0.1) is 19.3 Å². The van der Waals surface area contributed by atoms with E-state index in [4.69, 9.17) is 9.47 Å². The van der Waals surface area contributed by atoms with Crippen LogP contribution in [0.1, 0.15) is 30.9 Å². The molecule has 7 heteroatoms. The van der Waals surface area contributed by atoms with Crippen molar-refractivity contribution in [3.8, 4) is 0 Å². The number of hydrogen-bond acceptors (Lipinski definition) is 4. The molecular weight excluding hydrogens is 306 g/mol. The molecule has 0 amide bonds. The number of aromatic nitrogens is 2. The molecule has 2 fully saturated rings. The van der Waals surface area contributed by atoms with Gasteiger partial charge in [0.15, 0.2) is 5.96 Å². The average Bonchev–Trinajstić information content (AvgIpc) is 3.33. The second-order valence-electron chi connectivity index (χ2n) is 6.60. The summed E-state index contributed by atoms with van der Waals surface area (Å²) in [4.78, 5) is 6.67. The summed E-state index contributed by atoms with van der Waals surface area (Å²) in [5.74, 6) is 1.78. The van der Waals surface area contributed by atoms with Gasteiger partial charge in [0.1, 0.15) is 6.10 Å². The maximum atomic E-state index is 5.89. The summed E-state index contributed by atoms with van der Waals surface area (Å²) in [5, 5.41) is 7.67. The lowest BCUT2D eigenvalue weighted by Gasteiger charge is -2.34. The Hall–Kier alpha value is -1.60. The molecule has 0 spiro atoms. The van der Waals surface area contributed by atoms with Crippen LogP contribution in [0.3, 0.4) is 0 Å². The van der Waals surface area contributed by atoms with E-state index in [0.29, 0.717) is 6.61 Å². The molecule has 1 saturated carbocycles. The summed E-state index contributed by atoms with van der Waals surface area (Å²) in [6, 6.07) is 0. The first-order chi connectivity index (χ1) is 11.8. The summed E-state index contributed by atoms with van der Waals surface area (Å²) in [5.41, 5.74) is 1.12. The van der Waals surface area contributed by atoms with Gasteiger partial charge in [-0.1, -0.05) is 0 Å². The second kappa shape index (κ2) is 8.48. The van der Waals surface area contributed by atoms with E-state index in [2.05, 4.69) is 20.3 Å². The molecule has 2 aliphatic rings. The third-order valence-electron chi connectivity index (χ3n) is 4.47. The van der Waals surface area contributed by atoms with Crippen molar-refractivity contribution in [2.24, 2.45) is 18.0 Å². The standard InChI is InChI=1S/C17H29N5O2/c1-18-17(19-6-3-8-23-13-14-4-5-14)22-7-9-24-16(12-22)15-10-20-21(2)11-15/h10-11,14,16H,3-9,12-13H2,1-2H3,(H,18,19). The number of aryl methyl sites for hydroxylation is 1. The van der Waals surface area contributed by atoms with E-state index in [0.717, 1.165) is 56.7 Å². The van der Waals surface area contributed by atoms with Gasteiger partial charge in [-0.05, 0) is 25.2 Å². The van der Waals surface area contributed by atoms with Gasteiger partial charge >= 0.3 is 0 Å². The molecule has 24 heavy (non-hydrogen) atoms. The van der Waals surface area contributed by atoms with E-state index in [1.807, 2.05) is 31.2 Å². The first kappa shape index (κ1) is 17.2. The zero-order chi connectivity index (χ0) is 16.8. The fourth-order valence-electron chi connectivity index (χ4n) is 2.89. The molecule has 0 bridgehead atoms. The maximum Gasteiger partial charge on any atom is 0.193 e. The third-order valence-corrected chi connectivity index (χ3v) is 4.47. The predicted octanol–water partition coefficient (Wildman–Crippen LogP) is 1.19. The number of guanidine groups is 1. The topological polar surface area (TPSA) is 63.9 Å². The minimum atomic E-state index is 0.0490.